The van der Waals surface area contributed by atoms with Gasteiger partial charge in [0.25, 0.3) is 5.91 Å². The molecule has 0 spiro atoms. The molecule has 5 rings (SSSR count). The number of rotatable bonds is 7. The second kappa shape index (κ2) is 12.1. The SMILES string of the molecule is O=C(Nc1ccccc1N1CCCCC1)c1csc(C2CCN(C(=O)CCc3ccccc3Cl)CC2)n1. The van der Waals surface area contributed by atoms with E-state index >= 15 is 0 Å². The van der Waals surface area contributed by atoms with E-state index in [1.807, 2.05) is 52.7 Å². The van der Waals surface area contributed by atoms with Crippen molar-refractivity contribution >= 4 is 46.1 Å². The van der Waals surface area contributed by atoms with Crippen LogP contribution >= 0.6 is 22.9 Å². The number of carbonyl (C=O) groups is 2. The number of amides is 2. The van der Waals surface area contributed by atoms with Crippen LogP contribution in [0.15, 0.2) is 53.9 Å². The fourth-order valence-corrected chi connectivity index (χ4v) is 6.43. The Kier molecular flexibility index (Phi) is 8.41. The smallest absolute Gasteiger partial charge is 0.275 e. The lowest BCUT2D eigenvalue weighted by Gasteiger charge is -2.31. The third-order valence-electron chi connectivity index (χ3n) is 7.37. The molecule has 37 heavy (non-hydrogen) atoms. The number of aromatic nitrogens is 1. The molecule has 2 amide bonds. The fourth-order valence-electron chi connectivity index (χ4n) is 5.23. The number of para-hydroxylation sites is 2. The minimum Gasteiger partial charge on any atom is -0.370 e. The summed E-state index contributed by atoms with van der Waals surface area (Å²) in [6, 6.07) is 15.7. The first-order valence-corrected chi connectivity index (χ1v) is 14.5. The molecular weight excluding hydrogens is 504 g/mol. The van der Waals surface area contributed by atoms with Gasteiger partial charge in [0.2, 0.25) is 5.91 Å². The van der Waals surface area contributed by atoms with Crippen LogP contribution in [0.2, 0.25) is 5.02 Å². The van der Waals surface area contributed by atoms with Gasteiger partial charge in [-0.15, -0.1) is 11.3 Å². The van der Waals surface area contributed by atoms with Crippen LogP contribution in [0.4, 0.5) is 11.4 Å². The first kappa shape index (κ1) is 25.7. The van der Waals surface area contributed by atoms with Crippen molar-refractivity contribution in [1.29, 1.82) is 0 Å². The first-order chi connectivity index (χ1) is 18.1. The Morgan fingerprint density at radius 1 is 0.973 bits per heavy atom. The van der Waals surface area contributed by atoms with E-state index in [0.717, 1.165) is 61.0 Å². The Hall–Kier alpha value is -2.90. The van der Waals surface area contributed by atoms with E-state index in [4.69, 9.17) is 16.6 Å². The molecule has 2 aromatic carbocycles. The van der Waals surface area contributed by atoms with Crippen molar-refractivity contribution in [1.82, 2.24) is 9.88 Å². The molecule has 3 heterocycles. The van der Waals surface area contributed by atoms with E-state index in [0.29, 0.717) is 23.6 Å². The zero-order chi connectivity index (χ0) is 25.6. The molecule has 194 valence electrons. The quantitative estimate of drug-likeness (QED) is 0.380. The average Bonchev–Trinajstić information content (AvgIpc) is 3.44. The maximum atomic E-state index is 13.1. The predicted molar refractivity (Wildman–Crippen MR) is 151 cm³/mol. The lowest BCUT2D eigenvalue weighted by molar-refractivity contribution is -0.132. The summed E-state index contributed by atoms with van der Waals surface area (Å²) >= 11 is 7.78. The lowest BCUT2D eigenvalue weighted by atomic mass is 9.97. The minimum atomic E-state index is -0.167. The average molecular weight is 537 g/mol. The summed E-state index contributed by atoms with van der Waals surface area (Å²) < 4.78 is 0. The number of hydrogen-bond donors (Lipinski definition) is 1. The summed E-state index contributed by atoms with van der Waals surface area (Å²) in [6.07, 6.45) is 6.49. The molecule has 2 fully saturated rings. The van der Waals surface area contributed by atoms with Crippen LogP contribution in [0.25, 0.3) is 0 Å². The summed E-state index contributed by atoms with van der Waals surface area (Å²) in [5, 5.41) is 6.65. The number of benzene rings is 2. The highest BCUT2D eigenvalue weighted by atomic mass is 35.5. The van der Waals surface area contributed by atoms with Crippen LogP contribution in [0, 0.1) is 0 Å². The second-order valence-electron chi connectivity index (χ2n) is 9.84. The molecule has 1 aromatic heterocycles. The second-order valence-corrected chi connectivity index (χ2v) is 11.1. The van der Waals surface area contributed by atoms with Gasteiger partial charge in [0.1, 0.15) is 5.69 Å². The van der Waals surface area contributed by atoms with Crippen LogP contribution in [-0.2, 0) is 11.2 Å². The zero-order valence-corrected chi connectivity index (χ0v) is 22.6. The zero-order valence-electron chi connectivity index (χ0n) is 21.0. The number of thiazole rings is 1. The number of anilines is 2. The van der Waals surface area contributed by atoms with Crippen molar-refractivity contribution in [2.24, 2.45) is 0 Å². The van der Waals surface area contributed by atoms with Gasteiger partial charge in [0.05, 0.1) is 16.4 Å². The Morgan fingerprint density at radius 2 is 1.70 bits per heavy atom. The van der Waals surface area contributed by atoms with Gasteiger partial charge < -0.3 is 15.1 Å². The molecule has 0 radical (unpaired) electrons. The van der Waals surface area contributed by atoms with E-state index in [1.165, 1.54) is 19.3 Å². The number of likely N-dealkylation sites (tertiary alicyclic amines) is 1. The minimum absolute atomic E-state index is 0.167. The lowest BCUT2D eigenvalue weighted by Crippen LogP contribution is -2.38. The van der Waals surface area contributed by atoms with E-state index < -0.39 is 0 Å². The maximum absolute atomic E-state index is 13.1. The summed E-state index contributed by atoms with van der Waals surface area (Å²) in [7, 11) is 0. The van der Waals surface area contributed by atoms with Crippen LogP contribution in [0.5, 0.6) is 0 Å². The Balaban J connectivity index is 1.14. The Morgan fingerprint density at radius 3 is 2.49 bits per heavy atom. The molecule has 3 aromatic rings. The van der Waals surface area contributed by atoms with Gasteiger partial charge in [0.15, 0.2) is 0 Å². The highest BCUT2D eigenvalue weighted by Crippen LogP contribution is 2.32. The molecule has 0 atom stereocenters. The van der Waals surface area contributed by atoms with E-state index in [2.05, 4.69) is 16.3 Å². The molecule has 0 unspecified atom stereocenters. The molecule has 1 N–H and O–H groups in total. The molecule has 0 aliphatic carbocycles. The molecule has 2 aliphatic heterocycles. The van der Waals surface area contributed by atoms with Crippen molar-refractivity contribution in [3.05, 3.63) is 75.2 Å². The third kappa shape index (κ3) is 6.33. The molecule has 0 bridgehead atoms. The van der Waals surface area contributed by atoms with Crippen molar-refractivity contribution in [3.63, 3.8) is 0 Å². The number of halogens is 1. The Labute approximate surface area is 227 Å². The van der Waals surface area contributed by atoms with E-state index in [-0.39, 0.29) is 17.7 Å². The van der Waals surface area contributed by atoms with Gasteiger partial charge in [-0.05, 0) is 62.3 Å². The highest BCUT2D eigenvalue weighted by molar-refractivity contribution is 7.10. The number of hydrogen-bond acceptors (Lipinski definition) is 5. The number of carbonyl (C=O) groups excluding carboxylic acids is 2. The van der Waals surface area contributed by atoms with Crippen LogP contribution < -0.4 is 10.2 Å². The molecule has 0 saturated carbocycles. The molecular formula is C29H33ClN4O2S. The summed E-state index contributed by atoms with van der Waals surface area (Å²) in [6.45, 7) is 3.48. The summed E-state index contributed by atoms with van der Waals surface area (Å²) in [5.74, 6) is 0.281. The van der Waals surface area contributed by atoms with Crippen LogP contribution in [0.1, 0.15) is 65.5 Å². The number of nitrogens with zero attached hydrogens (tertiary/aromatic N) is 3. The first-order valence-electron chi connectivity index (χ1n) is 13.2. The van der Waals surface area contributed by atoms with E-state index in [1.54, 1.807) is 11.3 Å². The molecule has 8 heteroatoms. The predicted octanol–water partition coefficient (Wildman–Crippen LogP) is 6.38. The molecule has 6 nitrogen and oxygen atoms in total. The normalized spacial score (nSPS) is 16.6. The number of piperidine rings is 2. The van der Waals surface area contributed by atoms with Crippen molar-refractivity contribution < 1.29 is 9.59 Å². The largest absolute Gasteiger partial charge is 0.370 e. The van der Waals surface area contributed by atoms with Gasteiger partial charge in [-0.2, -0.15) is 0 Å². The summed E-state index contributed by atoms with van der Waals surface area (Å²) in [5.41, 5.74) is 3.40. The monoisotopic (exact) mass is 536 g/mol. The highest BCUT2D eigenvalue weighted by Gasteiger charge is 2.26. The van der Waals surface area contributed by atoms with Crippen LogP contribution in [-0.4, -0.2) is 47.9 Å². The van der Waals surface area contributed by atoms with Crippen molar-refractivity contribution in [2.75, 3.05) is 36.4 Å². The third-order valence-corrected chi connectivity index (χ3v) is 8.74. The topological polar surface area (TPSA) is 65.5 Å². The number of aryl methyl sites for hydroxylation is 1. The molecule has 2 aliphatic rings. The van der Waals surface area contributed by atoms with Crippen molar-refractivity contribution in [3.8, 4) is 0 Å². The van der Waals surface area contributed by atoms with Gasteiger partial charge >= 0.3 is 0 Å². The van der Waals surface area contributed by atoms with Crippen LogP contribution in [0.3, 0.4) is 0 Å². The standard InChI is InChI=1S/C29H33ClN4O2S/c30-23-9-3-2-8-21(23)12-13-27(35)34-18-14-22(15-19-34)29-32-25(20-37-29)28(36)31-24-10-4-5-11-26(24)33-16-6-1-7-17-33/h2-5,8-11,20,22H,1,6-7,12-19H2,(H,31,36). The Bertz CT molecular complexity index is 1230. The van der Waals surface area contributed by atoms with Gasteiger partial charge in [-0.3, -0.25) is 9.59 Å². The van der Waals surface area contributed by atoms with Crippen molar-refractivity contribution in [2.45, 2.75) is 50.9 Å². The summed E-state index contributed by atoms with van der Waals surface area (Å²) in [4.78, 5) is 34.8. The van der Waals surface area contributed by atoms with Gasteiger partial charge in [0, 0.05) is 48.9 Å². The van der Waals surface area contributed by atoms with Gasteiger partial charge in [-0.25, -0.2) is 4.98 Å². The van der Waals surface area contributed by atoms with E-state index in [9.17, 15) is 9.59 Å². The molecule has 2 saturated heterocycles. The fraction of sp³-hybridized carbons (Fsp3) is 0.414. The number of nitrogens with one attached hydrogen (secondary N) is 1. The van der Waals surface area contributed by atoms with Gasteiger partial charge in [-0.1, -0.05) is 41.9 Å². The maximum Gasteiger partial charge on any atom is 0.275 e.